The van der Waals surface area contributed by atoms with E-state index in [1.807, 2.05) is 30.3 Å². The number of hydrogen-bond donors (Lipinski definition) is 1. The van der Waals surface area contributed by atoms with Crippen LogP contribution in [0.5, 0.6) is 0 Å². The van der Waals surface area contributed by atoms with Crippen LogP contribution in [0.15, 0.2) is 72.9 Å². The second-order valence-corrected chi connectivity index (χ2v) is 7.37. The fraction of sp³-hybridized carbons (Fsp3) is 0.160. The summed E-state index contributed by atoms with van der Waals surface area (Å²) >= 11 is 0. The van der Waals surface area contributed by atoms with Gasteiger partial charge in [0.15, 0.2) is 0 Å². The van der Waals surface area contributed by atoms with Crippen molar-refractivity contribution in [3.8, 4) is 0 Å². The number of esters is 1. The molecule has 33 heavy (non-hydrogen) atoms. The summed E-state index contributed by atoms with van der Waals surface area (Å²) in [5.74, 6) is -2.08. The SMILES string of the molecule is CCOC(=O)c1ccnc(NC(=O)C(Cc2ccccc2)N2C(=O)c3ccccc3C2=O)c1. The summed E-state index contributed by atoms with van der Waals surface area (Å²) in [6.07, 6.45) is 1.49. The summed E-state index contributed by atoms with van der Waals surface area (Å²) in [5.41, 5.74) is 1.52. The quantitative estimate of drug-likeness (QED) is 0.444. The van der Waals surface area contributed by atoms with E-state index in [-0.39, 0.29) is 35.5 Å². The zero-order valence-electron chi connectivity index (χ0n) is 17.9. The molecule has 1 aromatic heterocycles. The van der Waals surface area contributed by atoms with Crippen LogP contribution in [0.2, 0.25) is 0 Å². The molecule has 4 rings (SSSR count). The number of amides is 3. The van der Waals surface area contributed by atoms with Gasteiger partial charge in [-0.2, -0.15) is 0 Å². The fourth-order valence-corrected chi connectivity index (χ4v) is 3.68. The minimum absolute atomic E-state index is 0.111. The molecule has 8 nitrogen and oxygen atoms in total. The van der Waals surface area contributed by atoms with Gasteiger partial charge in [-0.1, -0.05) is 42.5 Å². The Morgan fingerprint density at radius 3 is 2.24 bits per heavy atom. The van der Waals surface area contributed by atoms with Crippen molar-refractivity contribution in [2.75, 3.05) is 11.9 Å². The molecule has 0 fully saturated rings. The van der Waals surface area contributed by atoms with Crippen molar-refractivity contribution in [3.05, 3.63) is 95.2 Å². The molecule has 2 heterocycles. The molecule has 3 amide bonds. The Labute approximate surface area is 190 Å². The number of hydrogen-bond acceptors (Lipinski definition) is 6. The maximum atomic E-state index is 13.3. The highest BCUT2D eigenvalue weighted by Gasteiger charge is 2.42. The lowest BCUT2D eigenvalue weighted by molar-refractivity contribution is -0.120. The van der Waals surface area contributed by atoms with Crippen molar-refractivity contribution < 1.29 is 23.9 Å². The normalized spacial score (nSPS) is 13.4. The van der Waals surface area contributed by atoms with Gasteiger partial charge >= 0.3 is 5.97 Å². The Kier molecular flexibility index (Phi) is 6.26. The number of nitrogens with zero attached hydrogens (tertiary/aromatic N) is 2. The van der Waals surface area contributed by atoms with Crippen LogP contribution in [0, 0.1) is 0 Å². The van der Waals surface area contributed by atoms with E-state index >= 15 is 0 Å². The number of aromatic nitrogens is 1. The number of imide groups is 1. The minimum atomic E-state index is -1.12. The van der Waals surface area contributed by atoms with Crippen LogP contribution in [0.3, 0.4) is 0 Å². The topological polar surface area (TPSA) is 106 Å². The zero-order valence-corrected chi connectivity index (χ0v) is 17.9. The van der Waals surface area contributed by atoms with Gasteiger partial charge in [-0.15, -0.1) is 0 Å². The first-order chi connectivity index (χ1) is 16.0. The van der Waals surface area contributed by atoms with Crippen molar-refractivity contribution in [2.24, 2.45) is 0 Å². The van der Waals surface area contributed by atoms with Gasteiger partial charge in [0, 0.05) is 12.6 Å². The first-order valence-corrected chi connectivity index (χ1v) is 10.4. The summed E-state index contributed by atoms with van der Waals surface area (Å²) in [6, 6.07) is 17.3. The Morgan fingerprint density at radius 1 is 0.970 bits per heavy atom. The number of nitrogens with one attached hydrogen (secondary N) is 1. The highest BCUT2D eigenvalue weighted by atomic mass is 16.5. The Morgan fingerprint density at radius 2 is 1.61 bits per heavy atom. The molecule has 3 aromatic rings. The van der Waals surface area contributed by atoms with E-state index < -0.39 is 29.7 Å². The third kappa shape index (κ3) is 4.50. The van der Waals surface area contributed by atoms with Crippen LogP contribution in [0.4, 0.5) is 5.82 Å². The van der Waals surface area contributed by atoms with E-state index in [1.54, 1.807) is 31.2 Å². The van der Waals surface area contributed by atoms with E-state index in [4.69, 9.17) is 4.74 Å². The first kappa shape index (κ1) is 21.9. The van der Waals surface area contributed by atoms with E-state index in [0.29, 0.717) is 0 Å². The molecule has 8 heteroatoms. The van der Waals surface area contributed by atoms with Gasteiger partial charge in [0.1, 0.15) is 11.9 Å². The lowest BCUT2D eigenvalue weighted by Gasteiger charge is -2.25. The van der Waals surface area contributed by atoms with Crippen molar-refractivity contribution in [3.63, 3.8) is 0 Å². The third-order valence-electron chi connectivity index (χ3n) is 5.23. The number of fused-ring (bicyclic) bond motifs is 1. The number of carbonyl (C=O) groups is 4. The van der Waals surface area contributed by atoms with Gasteiger partial charge in [-0.25, -0.2) is 9.78 Å². The molecule has 0 bridgehead atoms. The predicted molar refractivity (Wildman–Crippen MR) is 120 cm³/mol. The van der Waals surface area contributed by atoms with Gasteiger partial charge in [0.25, 0.3) is 11.8 Å². The monoisotopic (exact) mass is 443 g/mol. The van der Waals surface area contributed by atoms with Gasteiger partial charge in [0.05, 0.1) is 23.3 Å². The molecule has 0 saturated heterocycles. The van der Waals surface area contributed by atoms with E-state index in [1.165, 1.54) is 18.3 Å². The van der Waals surface area contributed by atoms with Crippen molar-refractivity contribution >= 4 is 29.5 Å². The Balaban J connectivity index is 1.64. The lowest BCUT2D eigenvalue weighted by Crippen LogP contribution is -2.48. The Hall–Kier alpha value is -4.33. The maximum absolute atomic E-state index is 13.3. The van der Waals surface area contributed by atoms with E-state index in [0.717, 1.165) is 10.5 Å². The second-order valence-electron chi connectivity index (χ2n) is 7.37. The molecular formula is C25H21N3O5. The standard InChI is InChI=1S/C25H21N3O5/c1-2-33-25(32)17-12-13-26-21(15-17)27-22(29)20(14-16-8-4-3-5-9-16)28-23(30)18-10-6-7-11-19(18)24(28)31/h3-13,15,20H,2,14H2,1H3,(H,26,27,29). The molecule has 1 atom stereocenters. The molecule has 0 saturated carbocycles. The molecule has 166 valence electrons. The van der Waals surface area contributed by atoms with Gasteiger partial charge < -0.3 is 10.1 Å². The molecule has 0 spiro atoms. The minimum Gasteiger partial charge on any atom is -0.462 e. The highest BCUT2D eigenvalue weighted by molar-refractivity contribution is 6.23. The number of carbonyl (C=O) groups excluding carboxylic acids is 4. The number of pyridine rings is 1. The van der Waals surface area contributed by atoms with Gasteiger partial charge in [-0.3, -0.25) is 19.3 Å². The summed E-state index contributed by atoms with van der Waals surface area (Å²) in [4.78, 5) is 56.6. The van der Waals surface area contributed by atoms with Crippen LogP contribution < -0.4 is 5.32 Å². The van der Waals surface area contributed by atoms with Crippen molar-refractivity contribution in [1.29, 1.82) is 0 Å². The van der Waals surface area contributed by atoms with Crippen LogP contribution >= 0.6 is 0 Å². The van der Waals surface area contributed by atoms with E-state index in [9.17, 15) is 19.2 Å². The molecule has 1 aliphatic heterocycles. The molecular weight excluding hydrogens is 422 g/mol. The van der Waals surface area contributed by atoms with Crippen molar-refractivity contribution in [1.82, 2.24) is 9.88 Å². The largest absolute Gasteiger partial charge is 0.462 e. The van der Waals surface area contributed by atoms with Crippen LogP contribution in [-0.4, -0.2) is 46.2 Å². The summed E-state index contributed by atoms with van der Waals surface area (Å²) in [5, 5.41) is 2.64. The summed E-state index contributed by atoms with van der Waals surface area (Å²) in [6.45, 7) is 1.90. The lowest BCUT2D eigenvalue weighted by atomic mass is 10.0. The molecule has 0 radical (unpaired) electrons. The molecule has 1 N–H and O–H groups in total. The molecule has 1 aliphatic rings. The highest BCUT2D eigenvalue weighted by Crippen LogP contribution is 2.26. The van der Waals surface area contributed by atoms with Crippen LogP contribution in [0.1, 0.15) is 43.6 Å². The number of benzene rings is 2. The average Bonchev–Trinajstić information content (AvgIpc) is 3.08. The summed E-state index contributed by atoms with van der Waals surface area (Å²) < 4.78 is 4.98. The van der Waals surface area contributed by atoms with E-state index in [2.05, 4.69) is 10.3 Å². The zero-order chi connectivity index (χ0) is 23.4. The van der Waals surface area contributed by atoms with Crippen LogP contribution in [0.25, 0.3) is 0 Å². The van der Waals surface area contributed by atoms with Gasteiger partial charge in [-0.05, 0) is 36.8 Å². The number of rotatable bonds is 7. The smallest absolute Gasteiger partial charge is 0.338 e. The second kappa shape index (κ2) is 9.44. The molecule has 1 unspecified atom stereocenters. The Bertz CT molecular complexity index is 1190. The number of ether oxygens (including phenoxy) is 1. The third-order valence-corrected chi connectivity index (χ3v) is 5.23. The first-order valence-electron chi connectivity index (χ1n) is 10.4. The molecule has 0 aliphatic carbocycles. The predicted octanol–water partition coefficient (Wildman–Crippen LogP) is 3.10. The maximum Gasteiger partial charge on any atom is 0.338 e. The number of anilines is 1. The van der Waals surface area contributed by atoms with Crippen molar-refractivity contribution in [2.45, 2.75) is 19.4 Å². The fourth-order valence-electron chi connectivity index (χ4n) is 3.68. The molecule has 2 aromatic carbocycles. The summed E-state index contributed by atoms with van der Waals surface area (Å²) in [7, 11) is 0. The van der Waals surface area contributed by atoms with Gasteiger partial charge in [0.2, 0.25) is 5.91 Å². The average molecular weight is 443 g/mol. The van der Waals surface area contributed by atoms with Crippen LogP contribution in [-0.2, 0) is 16.0 Å².